The predicted molar refractivity (Wildman–Crippen MR) is 89.5 cm³/mol. The third-order valence-corrected chi connectivity index (χ3v) is 3.55. The first kappa shape index (κ1) is 17.4. The molecule has 1 N–H and O–H groups in total. The van der Waals surface area contributed by atoms with Crippen LogP contribution in [0.15, 0.2) is 47.5 Å². The molecule has 0 bridgehead atoms. The van der Waals surface area contributed by atoms with Crippen LogP contribution >= 0.6 is 0 Å². The fourth-order valence-corrected chi connectivity index (χ4v) is 2.10. The fourth-order valence-electron chi connectivity index (χ4n) is 2.10. The molecule has 0 aliphatic heterocycles. The molecule has 24 heavy (non-hydrogen) atoms. The summed E-state index contributed by atoms with van der Waals surface area (Å²) in [6, 6.07) is 8.09. The van der Waals surface area contributed by atoms with E-state index in [2.05, 4.69) is 10.3 Å². The average molecular weight is 328 g/mol. The number of hydrogen-bond acceptors (Lipinski definition) is 4. The minimum absolute atomic E-state index is 0.00756. The zero-order valence-corrected chi connectivity index (χ0v) is 13.9. The van der Waals surface area contributed by atoms with Crippen molar-refractivity contribution in [1.82, 2.24) is 19.8 Å². The van der Waals surface area contributed by atoms with E-state index >= 15 is 0 Å². The lowest BCUT2D eigenvalue weighted by Gasteiger charge is -2.14. The van der Waals surface area contributed by atoms with Crippen LogP contribution in [0.1, 0.15) is 29.0 Å². The van der Waals surface area contributed by atoms with E-state index in [-0.39, 0.29) is 24.1 Å². The molecular formula is C17H20N4O3. The van der Waals surface area contributed by atoms with Crippen molar-refractivity contribution >= 4 is 11.8 Å². The number of amides is 2. The number of aromatic nitrogens is 2. The van der Waals surface area contributed by atoms with E-state index in [1.165, 1.54) is 21.7 Å². The molecule has 0 unspecified atom stereocenters. The van der Waals surface area contributed by atoms with Crippen LogP contribution in [-0.4, -0.2) is 40.4 Å². The highest BCUT2D eigenvalue weighted by Crippen LogP contribution is 2.08. The van der Waals surface area contributed by atoms with Gasteiger partial charge in [0.05, 0.1) is 11.7 Å². The topological polar surface area (TPSA) is 84.3 Å². The van der Waals surface area contributed by atoms with Gasteiger partial charge in [-0.3, -0.25) is 19.4 Å². The number of carbonyl (C=O) groups excluding carboxylic acids is 2. The van der Waals surface area contributed by atoms with Crippen LogP contribution in [0.25, 0.3) is 0 Å². The summed E-state index contributed by atoms with van der Waals surface area (Å²) < 4.78 is 1.22. The molecular weight excluding hydrogens is 308 g/mol. The van der Waals surface area contributed by atoms with Crippen molar-refractivity contribution < 1.29 is 9.59 Å². The summed E-state index contributed by atoms with van der Waals surface area (Å²) in [7, 11) is 3.22. The number of pyridine rings is 2. The van der Waals surface area contributed by atoms with E-state index < -0.39 is 11.5 Å². The van der Waals surface area contributed by atoms with Crippen LogP contribution in [0, 0.1) is 0 Å². The summed E-state index contributed by atoms with van der Waals surface area (Å²) in [4.78, 5) is 42.1. The van der Waals surface area contributed by atoms with Gasteiger partial charge in [-0.15, -0.1) is 0 Å². The number of hydrogen-bond donors (Lipinski definition) is 1. The van der Waals surface area contributed by atoms with Crippen molar-refractivity contribution in [2.75, 3.05) is 14.1 Å². The van der Waals surface area contributed by atoms with Gasteiger partial charge in [-0.05, 0) is 31.2 Å². The van der Waals surface area contributed by atoms with E-state index in [4.69, 9.17) is 0 Å². The Hall–Kier alpha value is -2.96. The van der Waals surface area contributed by atoms with E-state index in [1.54, 1.807) is 45.4 Å². The molecule has 2 aromatic heterocycles. The van der Waals surface area contributed by atoms with Gasteiger partial charge in [0.2, 0.25) is 5.91 Å². The first-order valence-corrected chi connectivity index (χ1v) is 7.51. The molecule has 0 radical (unpaired) electrons. The van der Waals surface area contributed by atoms with Gasteiger partial charge in [-0.1, -0.05) is 6.07 Å². The number of rotatable bonds is 5. The highest BCUT2D eigenvalue weighted by molar-refractivity contribution is 5.94. The Labute approximate surface area is 139 Å². The molecule has 0 aromatic carbocycles. The molecule has 2 aromatic rings. The summed E-state index contributed by atoms with van der Waals surface area (Å²) in [5.74, 6) is -0.721. The molecule has 0 saturated heterocycles. The zero-order valence-electron chi connectivity index (χ0n) is 13.9. The third kappa shape index (κ3) is 4.07. The summed E-state index contributed by atoms with van der Waals surface area (Å²) in [5, 5.41) is 2.75. The Morgan fingerprint density at radius 1 is 1.25 bits per heavy atom. The Bertz CT molecular complexity index is 784. The van der Waals surface area contributed by atoms with E-state index in [1.807, 2.05) is 6.07 Å². The molecule has 7 heteroatoms. The Morgan fingerprint density at radius 2 is 2.00 bits per heavy atom. The van der Waals surface area contributed by atoms with Crippen molar-refractivity contribution in [3.05, 3.63) is 64.3 Å². The Morgan fingerprint density at radius 3 is 2.62 bits per heavy atom. The summed E-state index contributed by atoms with van der Waals surface area (Å²) in [6.07, 6.45) is 3.13. The number of nitrogens with one attached hydrogen (secondary N) is 1. The van der Waals surface area contributed by atoms with Crippen molar-refractivity contribution in [2.24, 2.45) is 0 Å². The minimum atomic E-state index is -0.501. The number of carbonyl (C=O) groups is 2. The van der Waals surface area contributed by atoms with Gasteiger partial charge < -0.3 is 14.8 Å². The molecule has 2 rings (SSSR count). The maximum Gasteiger partial charge on any atom is 0.263 e. The first-order valence-electron chi connectivity index (χ1n) is 7.51. The standard InChI is InChI=1S/C17H20N4O3/c1-12(14-8-4-5-9-18-14)19-16(23)13-7-6-10-21(17(13)24)11-15(22)20(2)3/h4-10,12H,11H2,1-3H3,(H,19,23)/t12-/m1/s1. The second kappa shape index (κ2) is 7.54. The lowest BCUT2D eigenvalue weighted by atomic mass is 10.2. The lowest BCUT2D eigenvalue weighted by Crippen LogP contribution is -2.37. The van der Waals surface area contributed by atoms with Gasteiger partial charge in [0.15, 0.2) is 0 Å². The van der Waals surface area contributed by atoms with Crippen molar-refractivity contribution in [3.63, 3.8) is 0 Å². The van der Waals surface area contributed by atoms with Gasteiger partial charge in [0, 0.05) is 26.5 Å². The van der Waals surface area contributed by atoms with Crippen molar-refractivity contribution in [3.8, 4) is 0 Å². The Balaban J connectivity index is 2.18. The van der Waals surface area contributed by atoms with E-state index in [0.717, 1.165) is 0 Å². The van der Waals surface area contributed by atoms with Crippen LogP contribution in [0.2, 0.25) is 0 Å². The molecule has 1 atom stereocenters. The van der Waals surface area contributed by atoms with Crippen LogP contribution in [-0.2, 0) is 11.3 Å². The van der Waals surface area contributed by atoms with Gasteiger partial charge in [0.25, 0.3) is 11.5 Å². The van der Waals surface area contributed by atoms with E-state index in [9.17, 15) is 14.4 Å². The van der Waals surface area contributed by atoms with Crippen LogP contribution in [0.4, 0.5) is 0 Å². The number of likely N-dealkylation sites (N-methyl/N-ethyl adjacent to an activating group) is 1. The first-order chi connectivity index (χ1) is 11.4. The van der Waals surface area contributed by atoms with Gasteiger partial charge >= 0.3 is 0 Å². The van der Waals surface area contributed by atoms with Crippen molar-refractivity contribution in [2.45, 2.75) is 19.5 Å². The fraction of sp³-hybridized carbons (Fsp3) is 0.294. The van der Waals surface area contributed by atoms with Gasteiger partial charge in [-0.25, -0.2) is 0 Å². The van der Waals surface area contributed by atoms with Gasteiger partial charge in [-0.2, -0.15) is 0 Å². The average Bonchev–Trinajstić information content (AvgIpc) is 2.57. The highest BCUT2D eigenvalue weighted by atomic mass is 16.2. The second-order valence-corrected chi connectivity index (χ2v) is 5.59. The summed E-state index contributed by atoms with van der Waals surface area (Å²) in [6.45, 7) is 1.68. The Kier molecular flexibility index (Phi) is 5.47. The summed E-state index contributed by atoms with van der Waals surface area (Å²) >= 11 is 0. The third-order valence-electron chi connectivity index (χ3n) is 3.55. The molecule has 0 spiro atoms. The smallest absolute Gasteiger partial charge is 0.263 e. The molecule has 2 amide bonds. The van der Waals surface area contributed by atoms with Crippen molar-refractivity contribution in [1.29, 1.82) is 0 Å². The largest absolute Gasteiger partial charge is 0.347 e. The molecule has 7 nitrogen and oxygen atoms in total. The minimum Gasteiger partial charge on any atom is -0.347 e. The SMILES string of the molecule is C[C@@H](NC(=O)c1cccn(CC(=O)N(C)C)c1=O)c1ccccn1. The second-order valence-electron chi connectivity index (χ2n) is 5.59. The van der Waals surface area contributed by atoms with Gasteiger partial charge in [0.1, 0.15) is 12.1 Å². The maximum absolute atomic E-state index is 12.4. The molecule has 0 saturated carbocycles. The monoisotopic (exact) mass is 328 g/mol. The van der Waals surface area contributed by atoms with Crippen LogP contribution in [0.5, 0.6) is 0 Å². The van der Waals surface area contributed by atoms with E-state index in [0.29, 0.717) is 5.69 Å². The molecule has 0 fully saturated rings. The molecule has 126 valence electrons. The molecule has 0 aliphatic rings. The zero-order chi connectivity index (χ0) is 17.7. The lowest BCUT2D eigenvalue weighted by molar-refractivity contribution is -0.129. The summed E-state index contributed by atoms with van der Waals surface area (Å²) in [5.41, 5.74) is 0.190. The van der Waals surface area contributed by atoms with Crippen LogP contribution < -0.4 is 10.9 Å². The highest BCUT2D eigenvalue weighted by Gasteiger charge is 2.17. The normalized spacial score (nSPS) is 11.6. The quantitative estimate of drug-likeness (QED) is 0.881. The number of nitrogens with zero attached hydrogens (tertiary/aromatic N) is 3. The maximum atomic E-state index is 12.4. The molecule has 0 aliphatic carbocycles. The van der Waals surface area contributed by atoms with Crippen LogP contribution in [0.3, 0.4) is 0 Å². The molecule has 2 heterocycles. The predicted octanol–water partition coefficient (Wildman–Crippen LogP) is 0.822.